The second-order valence-electron chi connectivity index (χ2n) is 7.56. The molecule has 0 bridgehead atoms. The molecule has 0 radical (unpaired) electrons. The molecule has 2 aromatic carbocycles. The summed E-state index contributed by atoms with van der Waals surface area (Å²) in [7, 11) is 1.57. The fourth-order valence-corrected chi connectivity index (χ4v) is 3.60. The Morgan fingerprint density at radius 1 is 1.17 bits per heavy atom. The standard InChI is InChI=1S/C24H28N2O4/c1-5-30-24(28)23-22(19-14-18(29-4)9-10-20(19)25-23)26-21(27)13-16(3)12-17-8-6-7-15(2)11-17/h6-11,14,16,25H,5,12-13H2,1-4H3,(H,26,27). The number of amides is 1. The molecule has 158 valence electrons. The van der Waals surface area contributed by atoms with E-state index in [4.69, 9.17) is 9.47 Å². The Labute approximate surface area is 176 Å². The van der Waals surface area contributed by atoms with Crippen molar-refractivity contribution in [3.8, 4) is 5.75 Å². The molecule has 3 rings (SSSR count). The van der Waals surface area contributed by atoms with Crippen molar-refractivity contribution in [2.75, 3.05) is 19.0 Å². The Morgan fingerprint density at radius 3 is 2.67 bits per heavy atom. The van der Waals surface area contributed by atoms with Crippen molar-refractivity contribution in [2.24, 2.45) is 5.92 Å². The number of methoxy groups -OCH3 is 1. The number of fused-ring (bicyclic) bond motifs is 1. The minimum absolute atomic E-state index is 0.149. The van der Waals surface area contributed by atoms with Gasteiger partial charge in [0.05, 0.1) is 19.4 Å². The van der Waals surface area contributed by atoms with Crippen molar-refractivity contribution in [1.29, 1.82) is 0 Å². The maximum atomic E-state index is 12.8. The molecule has 1 amide bonds. The van der Waals surface area contributed by atoms with Gasteiger partial charge in [0.25, 0.3) is 0 Å². The minimum Gasteiger partial charge on any atom is -0.497 e. The van der Waals surface area contributed by atoms with Gasteiger partial charge in [-0.15, -0.1) is 0 Å². The summed E-state index contributed by atoms with van der Waals surface area (Å²) in [5.74, 6) is 0.137. The number of rotatable bonds is 8. The maximum Gasteiger partial charge on any atom is 0.356 e. The van der Waals surface area contributed by atoms with E-state index in [1.54, 1.807) is 26.2 Å². The first-order valence-corrected chi connectivity index (χ1v) is 10.1. The third-order valence-electron chi connectivity index (χ3n) is 4.95. The molecule has 1 heterocycles. The van der Waals surface area contributed by atoms with Gasteiger partial charge in [0.2, 0.25) is 5.91 Å². The van der Waals surface area contributed by atoms with Gasteiger partial charge in [-0.2, -0.15) is 0 Å². The predicted molar refractivity (Wildman–Crippen MR) is 118 cm³/mol. The number of aryl methyl sites for hydroxylation is 1. The number of H-pyrrole nitrogens is 1. The molecule has 2 N–H and O–H groups in total. The highest BCUT2D eigenvalue weighted by Crippen LogP contribution is 2.32. The summed E-state index contributed by atoms with van der Waals surface area (Å²) in [4.78, 5) is 28.3. The van der Waals surface area contributed by atoms with Crippen LogP contribution in [0.4, 0.5) is 5.69 Å². The highest BCUT2D eigenvalue weighted by molar-refractivity contribution is 6.11. The molecule has 30 heavy (non-hydrogen) atoms. The number of aromatic amines is 1. The van der Waals surface area contributed by atoms with Crippen LogP contribution in [0.2, 0.25) is 0 Å². The van der Waals surface area contributed by atoms with Gasteiger partial charge in [-0.3, -0.25) is 4.79 Å². The lowest BCUT2D eigenvalue weighted by atomic mass is 9.97. The zero-order valence-corrected chi connectivity index (χ0v) is 17.9. The van der Waals surface area contributed by atoms with E-state index in [0.29, 0.717) is 23.2 Å². The molecule has 6 nitrogen and oxygen atoms in total. The van der Waals surface area contributed by atoms with Gasteiger partial charge in [-0.25, -0.2) is 4.79 Å². The quantitative estimate of drug-likeness (QED) is 0.521. The monoisotopic (exact) mass is 408 g/mol. The number of nitrogens with one attached hydrogen (secondary N) is 2. The third-order valence-corrected chi connectivity index (χ3v) is 4.95. The van der Waals surface area contributed by atoms with Crippen molar-refractivity contribution in [1.82, 2.24) is 4.98 Å². The summed E-state index contributed by atoms with van der Waals surface area (Å²) < 4.78 is 10.5. The van der Waals surface area contributed by atoms with Crippen molar-refractivity contribution >= 4 is 28.5 Å². The maximum absolute atomic E-state index is 12.8. The average molecular weight is 408 g/mol. The topological polar surface area (TPSA) is 80.4 Å². The van der Waals surface area contributed by atoms with Crippen molar-refractivity contribution in [3.63, 3.8) is 0 Å². The second kappa shape index (κ2) is 9.48. The predicted octanol–water partition coefficient (Wildman–Crippen LogP) is 4.87. The van der Waals surface area contributed by atoms with E-state index < -0.39 is 5.97 Å². The summed E-state index contributed by atoms with van der Waals surface area (Å²) in [6.45, 7) is 6.10. The van der Waals surface area contributed by atoms with Gasteiger partial charge in [0.15, 0.2) is 0 Å². The van der Waals surface area contributed by atoms with Crippen LogP contribution in [-0.2, 0) is 16.0 Å². The van der Waals surface area contributed by atoms with Gasteiger partial charge in [-0.1, -0.05) is 36.8 Å². The lowest BCUT2D eigenvalue weighted by Crippen LogP contribution is -2.18. The Kier molecular flexibility index (Phi) is 6.77. The van der Waals surface area contributed by atoms with Crippen LogP contribution in [0.3, 0.4) is 0 Å². The average Bonchev–Trinajstić information content (AvgIpc) is 3.05. The van der Waals surface area contributed by atoms with Gasteiger partial charge in [-0.05, 0) is 49.9 Å². The SMILES string of the molecule is CCOC(=O)c1[nH]c2ccc(OC)cc2c1NC(=O)CC(C)Cc1cccc(C)c1. The zero-order valence-electron chi connectivity index (χ0n) is 17.9. The minimum atomic E-state index is -0.504. The first-order valence-electron chi connectivity index (χ1n) is 10.1. The molecule has 3 aromatic rings. The Bertz CT molecular complexity index is 1050. The van der Waals surface area contributed by atoms with Crippen LogP contribution in [0.5, 0.6) is 5.75 Å². The fourth-order valence-electron chi connectivity index (χ4n) is 3.60. The Morgan fingerprint density at radius 2 is 1.97 bits per heavy atom. The second-order valence-corrected chi connectivity index (χ2v) is 7.56. The van der Waals surface area contributed by atoms with E-state index in [0.717, 1.165) is 11.9 Å². The van der Waals surface area contributed by atoms with Crippen molar-refractivity contribution in [3.05, 3.63) is 59.3 Å². The molecule has 0 aliphatic rings. The lowest BCUT2D eigenvalue weighted by molar-refractivity contribution is -0.116. The van der Waals surface area contributed by atoms with E-state index in [9.17, 15) is 9.59 Å². The van der Waals surface area contributed by atoms with Crippen LogP contribution in [0, 0.1) is 12.8 Å². The van der Waals surface area contributed by atoms with E-state index in [1.807, 2.05) is 19.1 Å². The van der Waals surface area contributed by atoms with Crippen LogP contribution in [-0.4, -0.2) is 30.6 Å². The summed E-state index contributed by atoms with van der Waals surface area (Å²) in [5, 5.41) is 3.63. The highest BCUT2D eigenvalue weighted by atomic mass is 16.5. The molecule has 0 saturated heterocycles. The largest absolute Gasteiger partial charge is 0.497 e. The van der Waals surface area contributed by atoms with Crippen LogP contribution >= 0.6 is 0 Å². The lowest BCUT2D eigenvalue weighted by Gasteiger charge is -2.13. The molecular weight excluding hydrogens is 380 g/mol. The zero-order chi connectivity index (χ0) is 21.7. The molecule has 1 aromatic heterocycles. The van der Waals surface area contributed by atoms with Gasteiger partial charge in [0, 0.05) is 17.3 Å². The number of ether oxygens (including phenoxy) is 2. The summed E-state index contributed by atoms with van der Waals surface area (Å²) in [5.41, 5.74) is 3.80. The Balaban J connectivity index is 1.81. The summed E-state index contributed by atoms with van der Waals surface area (Å²) in [6.07, 6.45) is 1.15. The number of carbonyl (C=O) groups excluding carboxylic acids is 2. The fraction of sp³-hybridized carbons (Fsp3) is 0.333. The molecular formula is C24H28N2O4. The van der Waals surface area contributed by atoms with Crippen LogP contribution < -0.4 is 10.1 Å². The number of esters is 1. The van der Waals surface area contributed by atoms with Gasteiger partial charge in [0.1, 0.15) is 11.4 Å². The normalized spacial score (nSPS) is 11.9. The van der Waals surface area contributed by atoms with E-state index in [1.165, 1.54) is 11.1 Å². The van der Waals surface area contributed by atoms with E-state index in [2.05, 4.69) is 35.4 Å². The number of hydrogen-bond donors (Lipinski definition) is 2. The first kappa shape index (κ1) is 21.4. The van der Waals surface area contributed by atoms with Crippen LogP contribution in [0.15, 0.2) is 42.5 Å². The summed E-state index contributed by atoms with van der Waals surface area (Å²) in [6, 6.07) is 13.7. The molecule has 0 aliphatic carbocycles. The van der Waals surface area contributed by atoms with E-state index in [-0.39, 0.29) is 24.1 Å². The molecule has 6 heteroatoms. The number of aromatic nitrogens is 1. The molecule has 0 fully saturated rings. The van der Waals surface area contributed by atoms with Gasteiger partial charge >= 0.3 is 5.97 Å². The highest BCUT2D eigenvalue weighted by Gasteiger charge is 2.22. The van der Waals surface area contributed by atoms with Gasteiger partial charge < -0.3 is 19.8 Å². The first-order chi connectivity index (χ1) is 14.4. The van der Waals surface area contributed by atoms with E-state index >= 15 is 0 Å². The number of carbonyl (C=O) groups is 2. The van der Waals surface area contributed by atoms with Crippen LogP contribution in [0.25, 0.3) is 10.9 Å². The molecule has 1 unspecified atom stereocenters. The third kappa shape index (κ3) is 5.00. The number of anilines is 1. The molecule has 1 atom stereocenters. The summed E-state index contributed by atoms with van der Waals surface area (Å²) >= 11 is 0. The molecule has 0 aliphatic heterocycles. The van der Waals surface area contributed by atoms with Crippen molar-refractivity contribution in [2.45, 2.75) is 33.6 Å². The van der Waals surface area contributed by atoms with Crippen molar-refractivity contribution < 1.29 is 19.1 Å². The number of benzene rings is 2. The number of hydrogen-bond acceptors (Lipinski definition) is 4. The molecule has 0 saturated carbocycles. The molecule has 0 spiro atoms. The van der Waals surface area contributed by atoms with Crippen LogP contribution in [0.1, 0.15) is 41.9 Å². The smallest absolute Gasteiger partial charge is 0.356 e. The Hall–Kier alpha value is -3.28.